The molecule has 1 nitrogen and oxygen atoms in total. The van der Waals surface area contributed by atoms with Gasteiger partial charge in [0.15, 0.2) is 0 Å². The Kier molecular flexibility index (Phi) is 10.1. The highest BCUT2D eigenvalue weighted by Gasteiger charge is 2.16. The molecule has 168 valence electrons. The molecule has 0 spiro atoms. The molecule has 1 saturated carbocycles. The minimum atomic E-state index is 0. The molecule has 0 radical (unpaired) electrons. The first-order valence-corrected chi connectivity index (χ1v) is 12.3. The molecular weight excluding hydrogens is 394 g/mol. The third-order valence-electron chi connectivity index (χ3n) is 6.16. The van der Waals surface area contributed by atoms with Gasteiger partial charge < -0.3 is 5.73 Å². The minimum absolute atomic E-state index is 0. The molecule has 31 heavy (non-hydrogen) atoms. The van der Waals surface area contributed by atoms with E-state index in [-0.39, 0.29) is 7.43 Å². The second-order valence-electron chi connectivity index (χ2n) is 8.67. The monoisotopic (exact) mass is 435 g/mol. The van der Waals surface area contributed by atoms with Crippen molar-refractivity contribution < 1.29 is 0 Å². The highest BCUT2D eigenvalue weighted by molar-refractivity contribution is 8.03. The van der Waals surface area contributed by atoms with Crippen molar-refractivity contribution in [2.24, 2.45) is 5.73 Å². The molecule has 0 saturated heterocycles. The second-order valence-corrected chi connectivity index (χ2v) is 10.2. The molecule has 1 fully saturated rings. The van der Waals surface area contributed by atoms with Crippen molar-refractivity contribution in [1.82, 2.24) is 0 Å². The van der Waals surface area contributed by atoms with E-state index in [9.17, 15) is 0 Å². The maximum absolute atomic E-state index is 6.17. The summed E-state index contributed by atoms with van der Waals surface area (Å²) in [5.41, 5.74) is 15.0. The Balaban J connectivity index is 0.00000341. The van der Waals surface area contributed by atoms with Gasteiger partial charge in [0.25, 0.3) is 0 Å². The first-order chi connectivity index (χ1) is 14.5. The van der Waals surface area contributed by atoms with E-state index < -0.39 is 0 Å². The summed E-state index contributed by atoms with van der Waals surface area (Å²) >= 11 is 2.01. The molecule has 0 aliphatic heterocycles. The first-order valence-electron chi connectivity index (χ1n) is 11.5. The van der Waals surface area contributed by atoms with E-state index >= 15 is 0 Å². The van der Waals surface area contributed by atoms with Gasteiger partial charge in [0.05, 0.1) is 0 Å². The summed E-state index contributed by atoms with van der Waals surface area (Å²) in [5, 5.41) is 0.761. The van der Waals surface area contributed by atoms with Crippen molar-refractivity contribution in [2.45, 2.75) is 84.4 Å². The Morgan fingerprint density at radius 2 is 1.84 bits per heavy atom. The zero-order chi connectivity index (χ0) is 21.5. The van der Waals surface area contributed by atoms with E-state index in [1.165, 1.54) is 76.0 Å². The summed E-state index contributed by atoms with van der Waals surface area (Å²) in [7, 11) is 0. The molecule has 2 aromatic rings. The molecule has 0 atom stereocenters. The highest BCUT2D eigenvalue weighted by Crippen LogP contribution is 2.35. The van der Waals surface area contributed by atoms with Crippen LogP contribution in [0.1, 0.15) is 81.5 Å². The van der Waals surface area contributed by atoms with Gasteiger partial charge in [-0.05, 0) is 76.1 Å². The van der Waals surface area contributed by atoms with Crippen molar-refractivity contribution in [3.8, 4) is 11.1 Å². The van der Waals surface area contributed by atoms with Crippen molar-refractivity contribution >= 4 is 17.3 Å². The summed E-state index contributed by atoms with van der Waals surface area (Å²) in [6.45, 7) is 13.6. The van der Waals surface area contributed by atoms with Crippen LogP contribution in [0.2, 0.25) is 0 Å². The smallest absolute Gasteiger partial charge is 0.0186 e. The molecule has 0 amide bonds. The van der Waals surface area contributed by atoms with Gasteiger partial charge in [0, 0.05) is 18.2 Å². The maximum atomic E-state index is 6.17. The lowest BCUT2D eigenvalue weighted by atomic mass is 9.90. The first kappa shape index (κ1) is 25.5. The van der Waals surface area contributed by atoms with Crippen LogP contribution >= 0.6 is 11.8 Å². The van der Waals surface area contributed by atoms with Crippen LogP contribution in [0.3, 0.4) is 0 Å². The summed E-state index contributed by atoms with van der Waals surface area (Å²) in [4.78, 5) is 1.29. The molecule has 1 aliphatic carbocycles. The largest absolute Gasteiger partial charge is 0.326 e. The molecule has 3 rings (SSSR count). The number of rotatable bonds is 9. The van der Waals surface area contributed by atoms with Crippen LogP contribution < -0.4 is 5.73 Å². The number of aryl methyl sites for hydroxylation is 1. The van der Waals surface area contributed by atoms with Gasteiger partial charge in [-0.15, -0.1) is 11.8 Å². The lowest BCUT2D eigenvalue weighted by Gasteiger charge is -2.22. The van der Waals surface area contributed by atoms with Crippen molar-refractivity contribution in [1.29, 1.82) is 0 Å². The Hall–Kier alpha value is -1.77. The maximum Gasteiger partial charge on any atom is 0.0186 e. The zero-order valence-electron chi connectivity index (χ0n) is 18.8. The van der Waals surface area contributed by atoms with Gasteiger partial charge in [-0.3, -0.25) is 0 Å². The molecule has 1 aliphatic rings. The standard InChI is InChI=1S/C28H37NS.CH4/c1-5-10-20(2)24-11-9-12-25(18-24)27-17-23(15-21(3)28(27)19-29)16-22(4)30-26-13-7-6-8-14-26;/h9,11-12,15,17-18,26H,2,4-8,10,13-14,16,19,29H2,1,3H3;1H4. The average Bonchev–Trinajstić information content (AvgIpc) is 2.74. The van der Waals surface area contributed by atoms with Crippen LogP contribution in [0, 0.1) is 6.92 Å². The molecule has 0 unspecified atom stereocenters. The predicted octanol–water partition coefficient (Wildman–Crippen LogP) is 8.69. The van der Waals surface area contributed by atoms with E-state index in [2.05, 4.69) is 63.4 Å². The van der Waals surface area contributed by atoms with Gasteiger partial charge in [0.2, 0.25) is 0 Å². The van der Waals surface area contributed by atoms with Gasteiger partial charge in [-0.25, -0.2) is 0 Å². The van der Waals surface area contributed by atoms with E-state index in [4.69, 9.17) is 5.73 Å². The minimum Gasteiger partial charge on any atom is -0.326 e. The van der Waals surface area contributed by atoms with Crippen molar-refractivity contribution in [2.75, 3.05) is 0 Å². The van der Waals surface area contributed by atoms with E-state index in [0.717, 1.165) is 24.5 Å². The lowest BCUT2D eigenvalue weighted by Crippen LogP contribution is -2.08. The normalized spacial score (nSPS) is 14.2. The number of hydrogen-bond donors (Lipinski definition) is 1. The van der Waals surface area contributed by atoms with Gasteiger partial charge in [-0.2, -0.15) is 0 Å². The van der Waals surface area contributed by atoms with E-state index in [1.807, 2.05) is 11.8 Å². The summed E-state index contributed by atoms with van der Waals surface area (Å²) < 4.78 is 0. The fourth-order valence-electron chi connectivity index (χ4n) is 4.56. The summed E-state index contributed by atoms with van der Waals surface area (Å²) in [5.74, 6) is 0. The Morgan fingerprint density at radius 1 is 1.10 bits per heavy atom. The lowest BCUT2D eigenvalue weighted by molar-refractivity contribution is 0.516. The predicted molar refractivity (Wildman–Crippen MR) is 142 cm³/mol. The van der Waals surface area contributed by atoms with Crippen LogP contribution in [0.4, 0.5) is 0 Å². The third-order valence-corrected chi connectivity index (χ3v) is 7.44. The number of benzene rings is 2. The fourth-order valence-corrected chi connectivity index (χ4v) is 5.85. The van der Waals surface area contributed by atoms with Crippen LogP contribution in [-0.4, -0.2) is 5.25 Å². The summed E-state index contributed by atoms with van der Waals surface area (Å²) in [6.07, 6.45) is 9.91. The van der Waals surface area contributed by atoms with Crippen LogP contribution in [-0.2, 0) is 13.0 Å². The van der Waals surface area contributed by atoms with Gasteiger partial charge in [0.1, 0.15) is 0 Å². The number of thioether (sulfide) groups is 1. The average molecular weight is 436 g/mol. The van der Waals surface area contributed by atoms with Crippen LogP contribution in [0.5, 0.6) is 0 Å². The number of hydrogen-bond acceptors (Lipinski definition) is 2. The van der Waals surface area contributed by atoms with Crippen LogP contribution in [0.15, 0.2) is 54.5 Å². The SMILES string of the molecule is C.C=C(Cc1cc(C)c(CN)c(-c2cccc(C(=C)CCC)c2)c1)SC1CCCCC1. The van der Waals surface area contributed by atoms with Gasteiger partial charge in [-0.1, -0.05) is 83.5 Å². The zero-order valence-corrected chi connectivity index (χ0v) is 19.6. The Labute approximate surface area is 195 Å². The molecule has 2 aromatic carbocycles. The molecule has 2 N–H and O–H groups in total. The van der Waals surface area contributed by atoms with Crippen molar-refractivity contribution in [3.63, 3.8) is 0 Å². The number of nitrogens with two attached hydrogens (primary N) is 1. The number of allylic oxidation sites excluding steroid dienone is 2. The van der Waals surface area contributed by atoms with Crippen LogP contribution in [0.25, 0.3) is 16.7 Å². The molecule has 0 bridgehead atoms. The van der Waals surface area contributed by atoms with Crippen molar-refractivity contribution in [3.05, 3.63) is 76.7 Å². The Bertz CT molecular complexity index is 890. The molecule has 2 heteroatoms. The molecular formula is C29H41NS. The summed E-state index contributed by atoms with van der Waals surface area (Å²) in [6, 6.07) is 13.4. The van der Waals surface area contributed by atoms with Gasteiger partial charge >= 0.3 is 0 Å². The molecule has 0 heterocycles. The van der Waals surface area contributed by atoms with E-state index in [1.54, 1.807) is 0 Å². The third kappa shape index (κ3) is 6.85. The Morgan fingerprint density at radius 3 is 2.52 bits per heavy atom. The quantitative estimate of drug-likeness (QED) is 0.426. The fraction of sp³-hybridized carbons (Fsp3) is 0.448. The topological polar surface area (TPSA) is 26.0 Å². The highest BCUT2D eigenvalue weighted by atomic mass is 32.2. The van der Waals surface area contributed by atoms with E-state index in [0.29, 0.717) is 6.54 Å². The second kappa shape index (κ2) is 12.3. The molecule has 0 aromatic heterocycles.